The van der Waals surface area contributed by atoms with Crippen LogP contribution in [0.2, 0.25) is 0 Å². The van der Waals surface area contributed by atoms with Gasteiger partial charge in [0.05, 0.1) is 13.2 Å². The van der Waals surface area contributed by atoms with Crippen LogP contribution in [0.5, 0.6) is 0 Å². The Hall–Kier alpha value is -0.120. The van der Waals surface area contributed by atoms with Crippen molar-refractivity contribution in [1.82, 2.24) is 0 Å². The van der Waals surface area contributed by atoms with Gasteiger partial charge in [-0.2, -0.15) is 0 Å². The van der Waals surface area contributed by atoms with E-state index in [-0.39, 0.29) is 0 Å². The standard InChI is InChI=1S/C11H25NO2/c1-3-11(12)7-5-4-6-8-14-10-9-13-2/h11H,3-10,12H2,1-2H3. The van der Waals surface area contributed by atoms with Crippen molar-refractivity contribution in [2.45, 2.75) is 45.1 Å². The Morgan fingerprint density at radius 1 is 1.07 bits per heavy atom. The van der Waals surface area contributed by atoms with Crippen LogP contribution in [0.1, 0.15) is 39.0 Å². The molecule has 0 aromatic carbocycles. The summed E-state index contributed by atoms with van der Waals surface area (Å²) in [5, 5.41) is 0. The van der Waals surface area contributed by atoms with E-state index in [1.807, 2.05) is 0 Å². The number of rotatable bonds is 10. The minimum Gasteiger partial charge on any atom is -0.382 e. The molecule has 0 amide bonds. The zero-order valence-corrected chi connectivity index (χ0v) is 9.63. The molecular weight excluding hydrogens is 178 g/mol. The molecule has 0 spiro atoms. The first-order chi connectivity index (χ1) is 6.81. The highest BCUT2D eigenvalue weighted by Crippen LogP contribution is 2.04. The minimum atomic E-state index is 0.393. The predicted molar refractivity (Wildman–Crippen MR) is 59.4 cm³/mol. The molecule has 3 heteroatoms. The number of methoxy groups -OCH3 is 1. The molecule has 0 fully saturated rings. The van der Waals surface area contributed by atoms with Crippen molar-refractivity contribution in [3.8, 4) is 0 Å². The van der Waals surface area contributed by atoms with Crippen LogP contribution in [0.25, 0.3) is 0 Å². The molecule has 0 heterocycles. The van der Waals surface area contributed by atoms with Gasteiger partial charge in [0.25, 0.3) is 0 Å². The molecule has 0 aliphatic heterocycles. The van der Waals surface area contributed by atoms with Gasteiger partial charge in [0, 0.05) is 19.8 Å². The fourth-order valence-corrected chi connectivity index (χ4v) is 1.24. The maximum absolute atomic E-state index is 5.81. The Morgan fingerprint density at radius 2 is 1.86 bits per heavy atom. The van der Waals surface area contributed by atoms with Gasteiger partial charge < -0.3 is 15.2 Å². The van der Waals surface area contributed by atoms with Gasteiger partial charge in [0.15, 0.2) is 0 Å². The Kier molecular flexibility index (Phi) is 10.9. The van der Waals surface area contributed by atoms with E-state index in [1.165, 1.54) is 12.8 Å². The van der Waals surface area contributed by atoms with Crippen molar-refractivity contribution in [2.75, 3.05) is 26.9 Å². The van der Waals surface area contributed by atoms with Crippen LogP contribution >= 0.6 is 0 Å². The first-order valence-electron chi connectivity index (χ1n) is 5.63. The summed E-state index contributed by atoms with van der Waals surface area (Å²) in [5.41, 5.74) is 5.81. The molecule has 2 N–H and O–H groups in total. The van der Waals surface area contributed by atoms with E-state index >= 15 is 0 Å². The second-order valence-electron chi connectivity index (χ2n) is 3.62. The molecule has 0 aliphatic rings. The van der Waals surface area contributed by atoms with Crippen LogP contribution in [0.15, 0.2) is 0 Å². The molecule has 1 atom stereocenters. The van der Waals surface area contributed by atoms with Gasteiger partial charge in [-0.15, -0.1) is 0 Å². The topological polar surface area (TPSA) is 44.5 Å². The van der Waals surface area contributed by atoms with Crippen LogP contribution in [-0.2, 0) is 9.47 Å². The lowest BCUT2D eigenvalue weighted by molar-refractivity contribution is 0.0685. The van der Waals surface area contributed by atoms with Crippen molar-refractivity contribution in [3.63, 3.8) is 0 Å². The molecule has 14 heavy (non-hydrogen) atoms. The Bertz CT molecular complexity index is 109. The molecule has 0 aromatic rings. The lowest BCUT2D eigenvalue weighted by Gasteiger charge is -2.07. The highest BCUT2D eigenvalue weighted by atomic mass is 16.5. The number of ether oxygens (including phenoxy) is 2. The third kappa shape index (κ3) is 9.96. The molecule has 0 aliphatic carbocycles. The molecule has 3 nitrogen and oxygen atoms in total. The van der Waals surface area contributed by atoms with Crippen molar-refractivity contribution in [2.24, 2.45) is 5.73 Å². The van der Waals surface area contributed by atoms with Gasteiger partial charge in [-0.3, -0.25) is 0 Å². The molecular formula is C11H25NO2. The van der Waals surface area contributed by atoms with Crippen molar-refractivity contribution in [1.29, 1.82) is 0 Å². The van der Waals surface area contributed by atoms with Gasteiger partial charge in [-0.1, -0.05) is 19.8 Å². The average Bonchev–Trinajstić information content (AvgIpc) is 2.21. The highest BCUT2D eigenvalue weighted by Gasteiger charge is 1.97. The molecule has 0 bridgehead atoms. The summed E-state index contributed by atoms with van der Waals surface area (Å²) < 4.78 is 10.2. The SMILES string of the molecule is CCC(N)CCCCCOCCOC. The fourth-order valence-electron chi connectivity index (χ4n) is 1.24. The predicted octanol–water partition coefficient (Wildman–Crippen LogP) is 1.95. The second-order valence-corrected chi connectivity index (χ2v) is 3.62. The zero-order chi connectivity index (χ0) is 10.6. The smallest absolute Gasteiger partial charge is 0.0700 e. The normalized spacial score (nSPS) is 13.1. The van der Waals surface area contributed by atoms with Gasteiger partial charge in [0.2, 0.25) is 0 Å². The van der Waals surface area contributed by atoms with E-state index < -0.39 is 0 Å². The average molecular weight is 203 g/mol. The summed E-state index contributed by atoms with van der Waals surface area (Å²) in [6, 6.07) is 0.393. The van der Waals surface area contributed by atoms with Crippen molar-refractivity contribution >= 4 is 0 Å². The summed E-state index contributed by atoms with van der Waals surface area (Å²) in [6.07, 6.45) is 5.82. The largest absolute Gasteiger partial charge is 0.382 e. The number of nitrogens with two attached hydrogens (primary N) is 1. The van der Waals surface area contributed by atoms with E-state index in [2.05, 4.69) is 6.92 Å². The maximum atomic E-state index is 5.81. The van der Waals surface area contributed by atoms with E-state index in [0.717, 1.165) is 25.9 Å². The van der Waals surface area contributed by atoms with Crippen LogP contribution in [0.4, 0.5) is 0 Å². The van der Waals surface area contributed by atoms with Crippen LogP contribution in [0.3, 0.4) is 0 Å². The lowest BCUT2D eigenvalue weighted by Crippen LogP contribution is -2.17. The highest BCUT2D eigenvalue weighted by molar-refractivity contribution is 4.57. The zero-order valence-electron chi connectivity index (χ0n) is 9.63. The molecule has 0 aromatic heterocycles. The molecule has 86 valence electrons. The maximum Gasteiger partial charge on any atom is 0.0700 e. The Balaban J connectivity index is 2.92. The Morgan fingerprint density at radius 3 is 2.50 bits per heavy atom. The number of unbranched alkanes of at least 4 members (excludes halogenated alkanes) is 2. The van der Waals surface area contributed by atoms with Gasteiger partial charge in [0.1, 0.15) is 0 Å². The lowest BCUT2D eigenvalue weighted by atomic mass is 10.1. The third-order valence-electron chi connectivity index (χ3n) is 2.32. The summed E-state index contributed by atoms with van der Waals surface area (Å²) in [4.78, 5) is 0. The minimum absolute atomic E-state index is 0.393. The Labute approximate surface area is 88.0 Å². The summed E-state index contributed by atoms with van der Waals surface area (Å²) in [5.74, 6) is 0. The molecule has 0 saturated carbocycles. The first-order valence-corrected chi connectivity index (χ1v) is 5.63. The molecule has 0 radical (unpaired) electrons. The van der Waals surface area contributed by atoms with E-state index in [1.54, 1.807) is 7.11 Å². The van der Waals surface area contributed by atoms with Crippen LogP contribution in [0, 0.1) is 0 Å². The molecule has 1 unspecified atom stereocenters. The molecule has 0 rings (SSSR count). The monoisotopic (exact) mass is 203 g/mol. The molecule has 0 saturated heterocycles. The quantitative estimate of drug-likeness (QED) is 0.552. The van der Waals surface area contributed by atoms with Gasteiger partial charge >= 0.3 is 0 Å². The van der Waals surface area contributed by atoms with Crippen molar-refractivity contribution in [3.05, 3.63) is 0 Å². The number of hydrogen-bond acceptors (Lipinski definition) is 3. The van der Waals surface area contributed by atoms with Crippen LogP contribution < -0.4 is 5.73 Å². The van der Waals surface area contributed by atoms with Gasteiger partial charge in [-0.05, 0) is 19.3 Å². The van der Waals surface area contributed by atoms with E-state index in [0.29, 0.717) is 19.3 Å². The third-order valence-corrected chi connectivity index (χ3v) is 2.32. The first kappa shape index (κ1) is 13.9. The fraction of sp³-hybridized carbons (Fsp3) is 1.00. The van der Waals surface area contributed by atoms with Crippen LogP contribution in [-0.4, -0.2) is 33.0 Å². The van der Waals surface area contributed by atoms with E-state index in [4.69, 9.17) is 15.2 Å². The van der Waals surface area contributed by atoms with Gasteiger partial charge in [-0.25, -0.2) is 0 Å². The summed E-state index contributed by atoms with van der Waals surface area (Å²) >= 11 is 0. The number of hydrogen-bond donors (Lipinski definition) is 1. The van der Waals surface area contributed by atoms with Crippen molar-refractivity contribution < 1.29 is 9.47 Å². The summed E-state index contributed by atoms with van der Waals surface area (Å²) in [7, 11) is 1.69. The van der Waals surface area contributed by atoms with E-state index in [9.17, 15) is 0 Å². The second kappa shape index (κ2) is 11.0. The summed E-state index contributed by atoms with van der Waals surface area (Å²) in [6.45, 7) is 4.40.